The molecule has 0 bridgehead atoms. The van der Waals surface area contributed by atoms with Gasteiger partial charge in [0.2, 0.25) is 0 Å². The van der Waals surface area contributed by atoms with Gasteiger partial charge in [-0.05, 0) is 61.2 Å². The number of likely N-dealkylation sites (tertiary alicyclic amines) is 1. The van der Waals surface area contributed by atoms with Crippen molar-refractivity contribution in [1.82, 2.24) is 10.2 Å². The van der Waals surface area contributed by atoms with Crippen molar-refractivity contribution in [1.29, 1.82) is 0 Å². The van der Waals surface area contributed by atoms with Gasteiger partial charge >= 0.3 is 6.03 Å². The number of sulfone groups is 2. The summed E-state index contributed by atoms with van der Waals surface area (Å²) in [5.41, 5.74) is 2.37. The van der Waals surface area contributed by atoms with E-state index in [-0.39, 0.29) is 17.0 Å². The van der Waals surface area contributed by atoms with Crippen LogP contribution in [0.3, 0.4) is 0 Å². The molecule has 2 amide bonds. The zero-order valence-corrected chi connectivity index (χ0v) is 20.5. The molecule has 2 aliphatic rings. The summed E-state index contributed by atoms with van der Waals surface area (Å²) >= 11 is 0. The molecule has 4 rings (SSSR count). The first-order chi connectivity index (χ1) is 15.5. The summed E-state index contributed by atoms with van der Waals surface area (Å²) in [5, 5.41) is 3.12. The predicted molar refractivity (Wildman–Crippen MR) is 127 cm³/mol. The first kappa shape index (κ1) is 23.7. The van der Waals surface area contributed by atoms with E-state index in [2.05, 4.69) is 10.2 Å². The molecule has 2 heterocycles. The van der Waals surface area contributed by atoms with Crippen LogP contribution in [0.4, 0.5) is 10.5 Å². The standard InChI is InChI=1S/C23H29N3O5S2/c1-32(28,29)20-9-10-21-17(14-20)11-13-26(21)23(27)24-19-7-5-12-25(16-19)15-18-6-3-4-8-22(18)33(2,30)31/h3-4,6,8-10,14,19H,5,7,11-13,15-16H2,1-2H3,(H,24,27). The average molecular weight is 492 g/mol. The summed E-state index contributed by atoms with van der Waals surface area (Å²) in [5.74, 6) is 0. The molecule has 10 heteroatoms. The summed E-state index contributed by atoms with van der Waals surface area (Å²) in [7, 11) is -6.60. The summed E-state index contributed by atoms with van der Waals surface area (Å²) in [6.45, 7) is 2.49. The molecule has 1 atom stereocenters. The first-order valence-corrected chi connectivity index (χ1v) is 14.7. The number of hydrogen-bond acceptors (Lipinski definition) is 6. The molecular formula is C23H29N3O5S2. The Bertz CT molecular complexity index is 1270. The van der Waals surface area contributed by atoms with Gasteiger partial charge in [0.1, 0.15) is 0 Å². The third kappa shape index (κ3) is 5.39. The highest BCUT2D eigenvalue weighted by atomic mass is 32.2. The molecule has 2 aromatic carbocycles. The average Bonchev–Trinajstić information content (AvgIpc) is 3.16. The molecule has 0 aromatic heterocycles. The Hall–Kier alpha value is -2.43. The van der Waals surface area contributed by atoms with E-state index in [0.29, 0.717) is 31.0 Å². The van der Waals surface area contributed by atoms with Gasteiger partial charge in [-0.25, -0.2) is 21.6 Å². The van der Waals surface area contributed by atoms with E-state index in [9.17, 15) is 21.6 Å². The van der Waals surface area contributed by atoms with Crippen LogP contribution in [0.5, 0.6) is 0 Å². The maximum atomic E-state index is 13.0. The van der Waals surface area contributed by atoms with Crippen LogP contribution in [0.15, 0.2) is 52.3 Å². The second-order valence-electron chi connectivity index (χ2n) is 8.87. The van der Waals surface area contributed by atoms with Gasteiger partial charge in [-0.1, -0.05) is 18.2 Å². The number of fused-ring (bicyclic) bond motifs is 1. The summed E-state index contributed by atoms with van der Waals surface area (Å²) in [6, 6.07) is 11.7. The lowest BCUT2D eigenvalue weighted by atomic mass is 10.0. The van der Waals surface area contributed by atoms with Crippen molar-refractivity contribution in [3.05, 3.63) is 53.6 Å². The molecule has 2 aliphatic heterocycles. The number of carbonyl (C=O) groups is 1. The molecule has 33 heavy (non-hydrogen) atoms. The number of carbonyl (C=O) groups excluding carboxylic acids is 1. The fourth-order valence-corrected chi connectivity index (χ4v) is 6.23. The van der Waals surface area contributed by atoms with Gasteiger partial charge in [-0.15, -0.1) is 0 Å². The lowest BCUT2D eigenvalue weighted by Gasteiger charge is -2.34. The predicted octanol–water partition coefficient (Wildman–Crippen LogP) is 2.23. The fourth-order valence-electron chi connectivity index (χ4n) is 4.63. The largest absolute Gasteiger partial charge is 0.334 e. The normalized spacial score (nSPS) is 19.3. The van der Waals surface area contributed by atoms with Crippen LogP contribution in [0.25, 0.3) is 0 Å². The highest BCUT2D eigenvalue weighted by Crippen LogP contribution is 2.30. The molecule has 1 unspecified atom stereocenters. The maximum absolute atomic E-state index is 13.0. The highest BCUT2D eigenvalue weighted by molar-refractivity contribution is 7.91. The molecule has 0 spiro atoms. The molecule has 1 fully saturated rings. The van der Waals surface area contributed by atoms with Gasteiger partial charge in [0.25, 0.3) is 0 Å². The topological polar surface area (TPSA) is 104 Å². The molecule has 0 aliphatic carbocycles. The van der Waals surface area contributed by atoms with Gasteiger partial charge < -0.3 is 5.32 Å². The Morgan fingerprint density at radius 1 is 1.03 bits per heavy atom. The van der Waals surface area contributed by atoms with E-state index in [1.54, 1.807) is 35.2 Å². The van der Waals surface area contributed by atoms with Crippen molar-refractivity contribution in [2.45, 2.75) is 41.6 Å². The smallest absolute Gasteiger partial charge is 0.322 e. The SMILES string of the molecule is CS(=O)(=O)c1ccc2c(c1)CCN2C(=O)NC1CCCN(Cc2ccccc2S(C)(=O)=O)C1. The second-order valence-corrected chi connectivity index (χ2v) is 12.9. The summed E-state index contributed by atoms with van der Waals surface area (Å²) in [4.78, 5) is 17.5. The van der Waals surface area contributed by atoms with Gasteiger partial charge in [0, 0.05) is 43.9 Å². The minimum atomic E-state index is -3.31. The molecule has 178 valence electrons. The Morgan fingerprint density at radius 2 is 1.79 bits per heavy atom. The highest BCUT2D eigenvalue weighted by Gasteiger charge is 2.29. The third-order valence-corrected chi connectivity index (χ3v) is 8.53. The van der Waals surface area contributed by atoms with Crippen LogP contribution >= 0.6 is 0 Å². The molecule has 0 saturated carbocycles. The number of piperidine rings is 1. The molecule has 1 saturated heterocycles. The van der Waals surface area contributed by atoms with Crippen LogP contribution in [0.1, 0.15) is 24.0 Å². The number of hydrogen-bond donors (Lipinski definition) is 1. The van der Waals surface area contributed by atoms with Crippen molar-refractivity contribution in [2.75, 3.05) is 37.0 Å². The monoisotopic (exact) mass is 491 g/mol. The van der Waals surface area contributed by atoms with Gasteiger partial charge in [-0.3, -0.25) is 9.80 Å². The quantitative estimate of drug-likeness (QED) is 0.688. The zero-order valence-electron chi connectivity index (χ0n) is 18.8. The number of urea groups is 1. The van der Waals surface area contributed by atoms with E-state index in [1.807, 2.05) is 12.1 Å². The van der Waals surface area contributed by atoms with Crippen molar-refractivity contribution >= 4 is 31.4 Å². The van der Waals surface area contributed by atoms with E-state index < -0.39 is 19.7 Å². The molecule has 0 radical (unpaired) electrons. The zero-order chi connectivity index (χ0) is 23.8. The van der Waals surface area contributed by atoms with Gasteiger partial charge in [0.15, 0.2) is 19.7 Å². The van der Waals surface area contributed by atoms with Crippen LogP contribution in [0.2, 0.25) is 0 Å². The van der Waals surface area contributed by atoms with Gasteiger partial charge in [-0.2, -0.15) is 0 Å². The van der Waals surface area contributed by atoms with Crippen molar-refractivity contribution in [3.8, 4) is 0 Å². The lowest BCUT2D eigenvalue weighted by Crippen LogP contribution is -2.51. The Labute approximate surface area is 195 Å². The van der Waals surface area contributed by atoms with Crippen LogP contribution in [0, 0.1) is 0 Å². The number of nitrogens with one attached hydrogen (secondary N) is 1. The first-order valence-electron chi connectivity index (χ1n) is 10.9. The number of nitrogens with zero attached hydrogens (tertiary/aromatic N) is 2. The van der Waals surface area contributed by atoms with E-state index in [0.717, 1.165) is 36.2 Å². The summed E-state index contributed by atoms with van der Waals surface area (Å²) < 4.78 is 47.9. The molecular weight excluding hydrogens is 462 g/mol. The van der Waals surface area contributed by atoms with Crippen molar-refractivity contribution in [2.24, 2.45) is 0 Å². The fraction of sp³-hybridized carbons (Fsp3) is 0.435. The minimum absolute atomic E-state index is 0.0454. The lowest BCUT2D eigenvalue weighted by molar-refractivity contribution is 0.181. The Morgan fingerprint density at radius 3 is 2.52 bits per heavy atom. The number of benzene rings is 2. The Balaban J connectivity index is 1.42. The van der Waals surface area contributed by atoms with Crippen LogP contribution < -0.4 is 10.2 Å². The molecule has 2 aromatic rings. The molecule has 8 nitrogen and oxygen atoms in total. The second kappa shape index (κ2) is 9.08. The number of anilines is 1. The van der Waals surface area contributed by atoms with Crippen LogP contribution in [-0.4, -0.2) is 66.0 Å². The number of amides is 2. The van der Waals surface area contributed by atoms with E-state index in [4.69, 9.17) is 0 Å². The van der Waals surface area contributed by atoms with Crippen molar-refractivity contribution < 1.29 is 21.6 Å². The number of rotatable bonds is 5. The van der Waals surface area contributed by atoms with E-state index in [1.165, 1.54) is 12.5 Å². The molecule has 1 N–H and O–H groups in total. The van der Waals surface area contributed by atoms with Crippen molar-refractivity contribution in [3.63, 3.8) is 0 Å². The maximum Gasteiger partial charge on any atom is 0.322 e. The summed E-state index contributed by atoms with van der Waals surface area (Å²) in [6.07, 6.45) is 4.77. The third-order valence-electron chi connectivity index (χ3n) is 6.22. The van der Waals surface area contributed by atoms with Crippen LogP contribution in [-0.2, 0) is 32.6 Å². The minimum Gasteiger partial charge on any atom is -0.334 e. The van der Waals surface area contributed by atoms with Gasteiger partial charge in [0.05, 0.1) is 9.79 Å². The Kier molecular flexibility index (Phi) is 6.52. The van der Waals surface area contributed by atoms with E-state index >= 15 is 0 Å².